The summed E-state index contributed by atoms with van der Waals surface area (Å²) in [7, 11) is 3.95. The Labute approximate surface area is 125 Å². The van der Waals surface area contributed by atoms with E-state index in [4.69, 9.17) is 0 Å². The molecule has 2 rings (SSSR count). The number of H-pyrrole nitrogens is 1. The SMILES string of the molecule is Cc1n[nH]c(C)c1C(C)NC(=O)c1ccc(N(C)C)cc1. The average Bonchev–Trinajstić information content (AvgIpc) is 2.78. The number of hydrogen-bond acceptors (Lipinski definition) is 3. The van der Waals surface area contributed by atoms with Gasteiger partial charge in [0.05, 0.1) is 11.7 Å². The molecular formula is C16H22N4O. The smallest absolute Gasteiger partial charge is 0.251 e. The number of aromatic nitrogens is 2. The highest BCUT2D eigenvalue weighted by Crippen LogP contribution is 2.20. The number of amides is 1. The number of anilines is 1. The van der Waals surface area contributed by atoms with E-state index in [0.717, 1.165) is 22.6 Å². The van der Waals surface area contributed by atoms with E-state index in [2.05, 4.69) is 15.5 Å². The lowest BCUT2D eigenvalue weighted by atomic mass is 10.1. The summed E-state index contributed by atoms with van der Waals surface area (Å²) in [5, 5.41) is 10.1. The zero-order valence-electron chi connectivity index (χ0n) is 13.2. The van der Waals surface area contributed by atoms with Crippen LogP contribution in [0.1, 0.15) is 40.3 Å². The maximum Gasteiger partial charge on any atom is 0.251 e. The molecule has 5 heteroatoms. The Hall–Kier alpha value is -2.30. The molecule has 0 radical (unpaired) electrons. The van der Waals surface area contributed by atoms with E-state index in [1.807, 2.05) is 64.0 Å². The fourth-order valence-electron chi connectivity index (χ4n) is 2.46. The lowest BCUT2D eigenvalue weighted by Crippen LogP contribution is -2.27. The fraction of sp³-hybridized carbons (Fsp3) is 0.375. The molecule has 1 aromatic heterocycles. The number of aryl methyl sites for hydroxylation is 2. The summed E-state index contributed by atoms with van der Waals surface area (Å²) in [6, 6.07) is 7.48. The summed E-state index contributed by atoms with van der Waals surface area (Å²) in [6.45, 7) is 5.87. The quantitative estimate of drug-likeness (QED) is 0.908. The molecule has 21 heavy (non-hydrogen) atoms. The third-order valence-corrected chi connectivity index (χ3v) is 3.61. The number of aromatic amines is 1. The van der Waals surface area contributed by atoms with Crippen LogP contribution < -0.4 is 10.2 Å². The second-order valence-corrected chi connectivity index (χ2v) is 5.48. The number of hydrogen-bond donors (Lipinski definition) is 2. The highest BCUT2D eigenvalue weighted by atomic mass is 16.1. The largest absolute Gasteiger partial charge is 0.378 e. The standard InChI is InChI=1S/C16H22N4O/c1-10(15-11(2)18-19-12(15)3)17-16(21)13-6-8-14(9-7-13)20(4)5/h6-10H,1-5H3,(H,17,21)(H,18,19). The Balaban J connectivity index is 2.11. The first-order chi connectivity index (χ1) is 9.90. The third-order valence-electron chi connectivity index (χ3n) is 3.61. The van der Waals surface area contributed by atoms with Crippen LogP contribution in [-0.4, -0.2) is 30.2 Å². The molecule has 0 aliphatic rings. The van der Waals surface area contributed by atoms with Crippen LogP contribution in [0, 0.1) is 13.8 Å². The molecular weight excluding hydrogens is 264 g/mol. The van der Waals surface area contributed by atoms with Gasteiger partial charge in [0.15, 0.2) is 0 Å². The van der Waals surface area contributed by atoms with Crippen LogP contribution >= 0.6 is 0 Å². The van der Waals surface area contributed by atoms with Gasteiger partial charge in [-0.05, 0) is 45.0 Å². The van der Waals surface area contributed by atoms with Crippen molar-refractivity contribution in [1.29, 1.82) is 0 Å². The summed E-state index contributed by atoms with van der Waals surface area (Å²) >= 11 is 0. The van der Waals surface area contributed by atoms with Crippen molar-refractivity contribution in [3.63, 3.8) is 0 Å². The number of benzene rings is 1. The monoisotopic (exact) mass is 286 g/mol. The highest BCUT2D eigenvalue weighted by Gasteiger charge is 2.17. The van der Waals surface area contributed by atoms with Gasteiger partial charge in [-0.1, -0.05) is 0 Å². The molecule has 1 heterocycles. The van der Waals surface area contributed by atoms with Crippen LogP contribution in [0.4, 0.5) is 5.69 Å². The topological polar surface area (TPSA) is 61.0 Å². The predicted octanol–water partition coefficient (Wildman–Crippen LogP) is 2.58. The maximum absolute atomic E-state index is 12.3. The van der Waals surface area contributed by atoms with E-state index in [-0.39, 0.29) is 11.9 Å². The second kappa shape index (κ2) is 5.99. The molecule has 1 aromatic carbocycles. The van der Waals surface area contributed by atoms with Gasteiger partial charge in [0.25, 0.3) is 5.91 Å². The van der Waals surface area contributed by atoms with Gasteiger partial charge in [-0.25, -0.2) is 0 Å². The zero-order valence-corrected chi connectivity index (χ0v) is 13.2. The Kier molecular flexibility index (Phi) is 4.31. The molecule has 0 aliphatic heterocycles. The van der Waals surface area contributed by atoms with E-state index in [1.54, 1.807) is 0 Å². The fourth-order valence-corrected chi connectivity index (χ4v) is 2.46. The van der Waals surface area contributed by atoms with Crippen molar-refractivity contribution in [3.05, 3.63) is 46.8 Å². The third kappa shape index (κ3) is 3.24. The molecule has 2 N–H and O–H groups in total. The molecule has 0 bridgehead atoms. The second-order valence-electron chi connectivity index (χ2n) is 5.48. The Morgan fingerprint density at radius 1 is 1.24 bits per heavy atom. The van der Waals surface area contributed by atoms with Crippen LogP contribution in [0.15, 0.2) is 24.3 Å². The molecule has 0 saturated heterocycles. The van der Waals surface area contributed by atoms with Gasteiger partial charge >= 0.3 is 0 Å². The van der Waals surface area contributed by atoms with Crippen LogP contribution in [-0.2, 0) is 0 Å². The van der Waals surface area contributed by atoms with Crippen molar-refractivity contribution in [3.8, 4) is 0 Å². The minimum atomic E-state index is -0.0789. The minimum absolute atomic E-state index is 0.0761. The van der Waals surface area contributed by atoms with Gasteiger partial charge < -0.3 is 10.2 Å². The van der Waals surface area contributed by atoms with E-state index in [1.165, 1.54) is 0 Å². The average molecular weight is 286 g/mol. The van der Waals surface area contributed by atoms with E-state index >= 15 is 0 Å². The first kappa shape index (κ1) is 15.1. The first-order valence-corrected chi connectivity index (χ1v) is 7.00. The minimum Gasteiger partial charge on any atom is -0.378 e. The van der Waals surface area contributed by atoms with E-state index in [0.29, 0.717) is 5.56 Å². The van der Waals surface area contributed by atoms with Gasteiger partial charge in [-0.15, -0.1) is 0 Å². The summed E-state index contributed by atoms with van der Waals surface area (Å²) in [5.41, 5.74) is 4.69. The molecule has 112 valence electrons. The lowest BCUT2D eigenvalue weighted by molar-refractivity contribution is 0.0940. The Bertz CT molecular complexity index is 609. The van der Waals surface area contributed by atoms with Gasteiger partial charge in [-0.3, -0.25) is 9.89 Å². The Morgan fingerprint density at radius 2 is 1.86 bits per heavy atom. The van der Waals surface area contributed by atoms with Crippen molar-refractivity contribution in [2.24, 2.45) is 0 Å². The molecule has 2 aromatic rings. The van der Waals surface area contributed by atoms with Crippen LogP contribution in [0.5, 0.6) is 0 Å². The number of nitrogens with one attached hydrogen (secondary N) is 2. The summed E-state index contributed by atoms with van der Waals surface area (Å²) in [5.74, 6) is -0.0761. The van der Waals surface area contributed by atoms with E-state index in [9.17, 15) is 4.79 Å². The van der Waals surface area contributed by atoms with Crippen LogP contribution in [0.25, 0.3) is 0 Å². The normalized spacial score (nSPS) is 12.0. The van der Waals surface area contributed by atoms with Crippen molar-refractivity contribution in [2.75, 3.05) is 19.0 Å². The van der Waals surface area contributed by atoms with Gasteiger partial charge in [0, 0.05) is 36.6 Å². The van der Waals surface area contributed by atoms with Crippen molar-refractivity contribution in [2.45, 2.75) is 26.8 Å². The molecule has 0 aliphatic carbocycles. The van der Waals surface area contributed by atoms with Crippen molar-refractivity contribution >= 4 is 11.6 Å². The number of rotatable bonds is 4. The van der Waals surface area contributed by atoms with Crippen LogP contribution in [0.2, 0.25) is 0 Å². The van der Waals surface area contributed by atoms with Crippen molar-refractivity contribution in [1.82, 2.24) is 15.5 Å². The summed E-state index contributed by atoms with van der Waals surface area (Å²) in [6.07, 6.45) is 0. The Morgan fingerprint density at radius 3 is 2.33 bits per heavy atom. The lowest BCUT2D eigenvalue weighted by Gasteiger charge is -2.16. The molecule has 0 spiro atoms. The van der Waals surface area contributed by atoms with Gasteiger partial charge in [-0.2, -0.15) is 5.10 Å². The van der Waals surface area contributed by atoms with Crippen molar-refractivity contribution < 1.29 is 4.79 Å². The van der Waals surface area contributed by atoms with Crippen LogP contribution in [0.3, 0.4) is 0 Å². The molecule has 1 atom stereocenters. The first-order valence-electron chi connectivity index (χ1n) is 7.00. The predicted molar refractivity (Wildman–Crippen MR) is 84.7 cm³/mol. The number of nitrogens with zero attached hydrogens (tertiary/aromatic N) is 2. The van der Waals surface area contributed by atoms with Gasteiger partial charge in [0.1, 0.15) is 0 Å². The number of carbonyl (C=O) groups is 1. The summed E-state index contributed by atoms with van der Waals surface area (Å²) < 4.78 is 0. The number of carbonyl (C=O) groups excluding carboxylic acids is 1. The zero-order chi connectivity index (χ0) is 15.6. The van der Waals surface area contributed by atoms with E-state index < -0.39 is 0 Å². The molecule has 0 saturated carbocycles. The highest BCUT2D eigenvalue weighted by molar-refractivity contribution is 5.94. The molecule has 1 unspecified atom stereocenters. The molecule has 5 nitrogen and oxygen atoms in total. The molecule has 0 fully saturated rings. The molecule has 1 amide bonds. The van der Waals surface area contributed by atoms with Gasteiger partial charge in [0.2, 0.25) is 0 Å². The maximum atomic E-state index is 12.3. The summed E-state index contributed by atoms with van der Waals surface area (Å²) in [4.78, 5) is 14.3.